The van der Waals surface area contributed by atoms with Gasteiger partial charge in [-0.3, -0.25) is 4.18 Å². The molecule has 158 valence electrons. The van der Waals surface area contributed by atoms with Crippen LogP contribution in [0.1, 0.15) is 90.0 Å². The number of benzene rings is 1. The van der Waals surface area contributed by atoms with E-state index in [1.807, 2.05) is 12.1 Å². The summed E-state index contributed by atoms with van der Waals surface area (Å²) in [5.41, 5.74) is 1.25. The average molecular weight is 407 g/mol. The minimum Gasteiger partial charge on any atom is -0.264 e. The molecular formula is C24H38O3S. The summed E-state index contributed by atoms with van der Waals surface area (Å²) >= 11 is 0. The fourth-order valence-corrected chi connectivity index (χ4v) is 6.53. The Morgan fingerprint density at radius 2 is 1.36 bits per heavy atom. The predicted molar refractivity (Wildman–Crippen MR) is 115 cm³/mol. The molecule has 3 rings (SSSR count). The molecule has 0 bridgehead atoms. The number of aryl methyl sites for hydroxylation is 1. The number of hydrogen-bond acceptors (Lipinski definition) is 3. The van der Waals surface area contributed by atoms with Gasteiger partial charge in [-0.15, -0.1) is 0 Å². The Balaban J connectivity index is 1.63. The van der Waals surface area contributed by atoms with Crippen LogP contribution in [0.5, 0.6) is 0 Å². The molecule has 0 atom stereocenters. The van der Waals surface area contributed by atoms with Gasteiger partial charge in [-0.1, -0.05) is 76.3 Å². The van der Waals surface area contributed by atoms with Crippen molar-refractivity contribution in [3.05, 3.63) is 29.8 Å². The normalized spacial score (nSPS) is 20.1. The standard InChI is InChI=1S/C24H38O3S/c1-19(2)27-28(25,26)23-16-13-20(14-17-23)15-18-24(21-9-5-3-6-10-21)22-11-7-4-8-12-22/h13-14,16-17,19,21-22,24H,3-12,15,18H2,1-2H3. The smallest absolute Gasteiger partial charge is 0.264 e. The fourth-order valence-electron chi connectivity index (χ4n) is 5.45. The van der Waals surface area contributed by atoms with E-state index in [2.05, 4.69) is 0 Å². The molecule has 0 aromatic heterocycles. The Hall–Kier alpha value is -0.870. The average Bonchev–Trinajstić information content (AvgIpc) is 2.69. The minimum absolute atomic E-state index is 0.265. The summed E-state index contributed by atoms with van der Waals surface area (Å²) in [4.78, 5) is 0.265. The lowest BCUT2D eigenvalue weighted by Crippen LogP contribution is -2.27. The molecule has 2 saturated carbocycles. The van der Waals surface area contributed by atoms with Gasteiger partial charge in [0.15, 0.2) is 0 Å². The van der Waals surface area contributed by atoms with Crippen molar-refractivity contribution in [1.29, 1.82) is 0 Å². The fraction of sp³-hybridized carbons (Fsp3) is 0.750. The van der Waals surface area contributed by atoms with E-state index in [9.17, 15) is 8.42 Å². The van der Waals surface area contributed by atoms with Crippen LogP contribution in [0.15, 0.2) is 29.2 Å². The van der Waals surface area contributed by atoms with E-state index < -0.39 is 10.1 Å². The van der Waals surface area contributed by atoms with Gasteiger partial charge in [-0.25, -0.2) is 0 Å². The largest absolute Gasteiger partial charge is 0.297 e. The highest BCUT2D eigenvalue weighted by Crippen LogP contribution is 2.42. The maximum Gasteiger partial charge on any atom is 0.297 e. The molecule has 0 heterocycles. The molecule has 1 aromatic carbocycles. The van der Waals surface area contributed by atoms with Gasteiger partial charge in [0, 0.05) is 0 Å². The molecule has 2 aliphatic carbocycles. The van der Waals surface area contributed by atoms with E-state index in [-0.39, 0.29) is 11.0 Å². The van der Waals surface area contributed by atoms with Gasteiger partial charge in [0.05, 0.1) is 11.0 Å². The van der Waals surface area contributed by atoms with Gasteiger partial charge in [-0.05, 0) is 62.1 Å². The Morgan fingerprint density at radius 3 is 1.82 bits per heavy atom. The van der Waals surface area contributed by atoms with Gasteiger partial charge < -0.3 is 0 Å². The third-order valence-electron chi connectivity index (χ3n) is 6.81. The van der Waals surface area contributed by atoms with E-state index in [4.69, 9.17) is 4.18 Å². The zero-order valence-corrected chi connectivity index (χ0v) is 18.6. The lowest BCUT2D eigenvalue weighted by atomic mass is 9.68. The Morgan fingerprint density at radius 1 is 0.857 bits per heavy atom. The monoisotopic (exact) mass is 406 g/mol. The van der Waals surface area contributed by atoms with Crippen molar-refractivity contribution >= 4 is 10.1 Å². The molecule has 0 radical (unpaired) electrons. The predicted octanol–water partition coefficient (Wildman–Crippen LogP) is 6.51. The molecule has 0 saturated heterocycles. The third-order valence-corrected chi connectivity index (χ3v) is 8.30. The molecule has 4 heteroatoms. The summed E-state index contributed by atoms with van der Waals surface area (Å²) in [6.07, 6.45) is 16.2. The lowest BCUT2D eigenvalue weighted by Gasteiger charge is -2.38. The van der Waals surface area contributed by atoms with Crippen LogP contribution in [0.25, 0.3) is 0 Å². The van der Waals surface area contributed by atoms with E-state index in [1.165, 1.54) is 76.2 Å². The Bertz CT molecular complexity index is 663. The minimum atomic E-state index is -3.64. The van der Waals surface area contributed by atoms with Crippen molar-refractivity contribution in [2.45, 2.75) is 102 Å². The summed E-state index contributed by atoms with van der Waals surface area (Å²) < 4.78 is 29.5. The van der Waals surface area contributed by atoms with Crippen molar-refractivity contribution in [2.75, 3.05) is 0 Å². The maximum atomic E-state index is 12.2. The van der Waals surface area contributed by atoms with Crippen molar-refractivity contribution in [2.24, 2.45) is 17.8 Å². The summed E-state index contributed by atoms with van der Waals surface area (Å²) in [5, 5.41) is 0. The molecule has 0 amide bonds. The van der Waals surface area contributed by atoms with Crippen molar-refractivity contribution in [1.82, 2.24) is 0 Å². The molecule has 0 aliphatic heterocycles. The summed E-state index contributed by atoms with van der Waals surface area (Å²) in [6.45, 7) is 3.48. The summed E-state index contributed by atoms with van der Waals surface area (Å²) in [7, 11) is -3.64. The van der Waals surface area contributed by atoms with E-state index in [1.54, 1.807) is 26.0 Å². The first-order valence-electron chi connectivity index (χ1n) is 11.5. The molecule has 1 aromatic rings. The highest BCUT2D eigenvalue weighted by Gasteiger charge is 2.31. The summed E-state index contributed by atoms with van der Waals surface area (Å²) in [5.74, 6) is 2.68. The van der Waals surface area contributed by atoms with Gasteiger partial charge in [-0.2, -0.15) is 8.42 Å². The maximum absolute atomic E-state index is 12.2. The Labute approximate surface area is 172 Å². The van der Waals surface area contributed by atoms with Crippen LogP contribution in [-0.2, 0) is 20.7 Å². The molecule has 0 spiro atoms. The second-order valence-corrected chi connectivity index (χ2v) is 10.8. The molecule has 0 N–H and O–H groups in total. The quantitative estimate of drug-likeness (QED) is 0.462. The van der Waals surface area contributed by atoms with Gasteiger partial charge >= 0.3 is 0 Å². The van der Waals surface area contributed by atoms with Crippen LogP contribution < -0.4 is 0 Å². The number of rotatable bonds is 8. The number of hydrogen-bond donors (Lipinski definition) is 0. The van der Waals surface area contributed by atoms with Crippen LogP contribution in [0.3, 0.4) is 0 Å². The van der Waals surface area contributed by atoms with Crippen LogP contribution >= 0.6 is 0 Å². The second kappa shape index (κ2) is 10.2. The van der Waals surface area contributed by atoms with E-state index >= 15 is 0 Å². The SMILES string of the molecule is CC(C)OS(=O)(=O)c1ccc(CCC(C2CCCCC2)C2CCCCC2)cc1. The highest BCUT2D eigenvalue weighted by atomic mass is 32.2. The second-order valence-electron chi connectivity index (χ2n) is 9.24. The van der Waals surface area contributed by atoms with Crippen LogP contribution in [0.4, 0.5) is 0 Å². The van der Waals surface area contributed by atoms with E-state index in [0.717, 1.165) is 24.2 Å². The van der Waals surface area contributed by atoms with Crippen LogP contribution in [-0.4, -0.2) is 14.5 Å². The third kappa shape index (κ3) is 6.06. The summed E-state index contributed by atoms with van der Waals surface area (Å²) in [6, 6.07) is 7.39. The van der Waals surface area contributed by atoms with Gasteiger partial charge in [0.25, 0.3) is 10.1 Å². The highest BCUT2D eigenvalue weighted by molar-refractivity contribution is 7.86. The van der Waals surface area contributed by atoms with Crippen molar-refractivity contribution < 1.29 is 12.6 Å². The molecular weight excluding hydrogens is 368 g/mol. The van der Waals surface area contributed by atoms with Crippen LogP contribution in [0, 0.1) is 17.8 Å². The Kier molecular flexibility index (Phi) is 7.99. The van der Waals surface area contributed by atoms with Gasteiger partial charge in [0.2, 0.25) is 0 Å². The lowest BCUT2D eigenvalue weighted by molar-refractivity contribution is 0.135. The first kappa shape index (κ1) is 21.8. The van der Waals surface area contributed by atoms with Gasteiger partial charge in [0.1, 0.15) is 0 Å². The molecule has 0 unspecified atom stereocenters. The molecule has 2 aliphatic rings. The molecule has 28 heavy (non-hydrogen) atoms. The zero-order valence-electron chi connectivity index (χ0n) is 17.7. The molecule has 2 fully saturated rings. The topological polar surface area (TPSA) is 43.4 Å². The first-order chi connectivity index (χ1) is 13.5. The molecule has 3 nitrogen and oxygen atoms in total. The van der Waals surface area contributed by atoms with Crippen molar-refractivity contribution in [3.8, 4) is 0 Å². The first-order valence-corrected chi connectivity index (χ1v) is 12.9. The van der Waals surface area contributed by atoms with E-state index in [0.29, 0.717) is 0 Å². The van der Waals surface area contributed by atoms with Crippen LogP contribution in [0.2, 0.25) is 0 Å². The zero-order chi connectivity index (χ0) is 20.0. The van der Waals surface area contributed by atoms with Crippen molar-refractivity contribution in [3.63, 3.8) is 0 Å².